The Labute approximate surface area is 407 Å². The maximum absolute atomic E-state index is 9.54. The minimum atomic E-state index is -5.50. The maximum atomic E-state index is 9.54. The van der Waals surface area contributed by atoms with E-state index in [0.717, 1.165) is 12.8 Å². The second-order valence-corrected chi connectivity index (χ2v) is 66.1. The monoisotopic (exact) mass is 1010 g/mol. The van der Waals surface area contributed by atoms with Crippen LogP contribution < -0.4 is 0 Å². The predicted molar refractivity (Wildman–Crippen MR) is 293 cm³/mol. The van der Waals surface area contributed by atoms with E-state index in [2.05, 4.69) is 219 Å². The molecule has 2 atom stereocenters. The van der Waals surface area contributed by atoms with E-state index in [1.165, 1.54) is 122 Å². The Morgan fingerprint density at radius 3 is 0.894 bits per heavy atom. The van der Waals surface area contributed by atoms with Gasteiger partial charge < -0.3 is 0 Å². The molecule has 4 heteroatoms. The predicted octanol–water partition coefficient (Wildman–Crippen LogP) is 19.3. The Balaban J connectivity index is 1.55. The van der Waals surface area contributed by atoms with Crippen molar-refractivity contribution in [2.45, 2.75) is 130 Å². The molecule has 2 aliphatic carbocycles. The molecule has 8 rings (SSSR count). The van der Waals surface area contributed by atoms with Crippen LogP contribution in [0.1, 0.15) is 128 Å². The van der Waals surface area contributed by atoms with Crippen molar-refractivity contribution in [2.24, 2.45) is 10.8 Å². The summed E-state index contributed by atoms with van der Waals surface area (Å²) in [7, 11) is 19.1. The summed E-state index contributed by atoms with van der Waals surface area (Å²) in [5, 5.41) is 0. The van der Waals surface area contributed by atoms with Gasteiger partial charge >= 0.3 is 411 Å². The Kier molecular flexibility index (Phi) is 12.9. The van der Waals surface area contributed by atoms with Gasteiger partial charge in [0.25, 0.3) is 0 Å². The number of aryl methyl sites for hydroxylation is 8. The van der Waals surface area contributed by atoms with Crippen LogP contribution in [0.3, 0.4) is 0 Å². The molecule has 0 fully saturated rings. The molecule has 0 nitrogen and oxygen atoms in total. The molecule has 0 spiro atoms. The standard InChI is InChI=1S/2C30H33.C2H7Si.2ClH.Zr/c2*1-19-10-20(2)13-24(12-19)26-8-9-27(25-14-21(3)11-22(4)15-25)29-17-23(16-28(26)29)18-30(5,6)7;1-3-2;;;/h2*8-17H,18H2,1-7H3;3H,1-2H3;2*1H;/q;;;;;+2/p-2. The van der Waals surface area contributed by atoms with Gasteiger partial charge in [0.15, 0.2) is 0 Å². The van der Waals surface area contributed by atoms with Crippen LogP contribution in [0.25, 0.3) is 56.7 Å². The fraction of sp³-hybridized carbons (Fsp3) is 0.355. The van der Waals surface area contributed by atoms with Crippen LogP contribution in [0.15, 0.2) is 108 Å². The SMILES string of the molecule is Cc1cc(C)cc(-c2ccc(-c3cc(C)cc(C)c3)c3c2C=C(CC(C)(C)C)[CH]3[Zr]([Cl])([Cl])([CH]2C(CC(C)(C)C)=Cc3c(-c4cc(C)cc(C)c4)ccc(-c4cc(C)cc(C)c4)c32)[SiH](C)C)c1. The number of fused-ring (bicyclic) bond motifs is 2. The van der Waals surface area contributed by atoms with E-state index >= 15 is 0 Å². The summed E-state index contributed by atoms with van der Waals surface area (Å²) in [6.07, 6.45) is 7.03. The summed E-state index contributed by atoms with van der Waals surface area (Å²) in [6, 6.07) is 37.9. The van der Waals surface area contributed by atoms with E-state index < -0.39 is 21.5 Å². The zero-order valence-electron chi connectivity index (χ0n) is 42.8. The first-order chi connectivity index (χ1) is 30.7. The van der Waals surface area contributed by atoms with E-state index in [1.54, 1.807) is 0 Å². The fourth-order valence-electron chi connectivity index (χ4n) is 12.3. The normalized spacial score (nSPS) is 16.8. The number of benzene rings is 6. The van der Waals surface area contributed by atoms with Gasteiger partial charge in [0.05, 0.1) is 0 Å². The van der Waals surface area contributed by atoms with Crippen molar-refractivity contribution in [2.75, 3.05) is 0 Å². The average molecular weight is 1010 g/mol. The summed E-state index contributed by atoms with van der Waals surface area (Å²) in [5.74, 6) is -1.97. The molecule has 0 bridgehead atoms. The first-order valence-electron chi connectivity index (χ1n) is 24.4. The fourth-order valence-corrected chi connectivity index (χ4v) is 43.3. The van der Waals surface area contributed by atoms with Gasteiger partial charge in [0, 0.05) is 0 Å². The van der Waals surface area contributed by atoms with Crippen LogP contribution in [-0.4, -0.2) is 5.92 Å². The summed E-state index contributed by atoms with van der Waals surface area (Å²) in [6.45, 7) is 37.3. The van der Waals surface area contributed by atoms with Crippen LogP contribution in [0.4, 0.5) is 0 Å². The van der Waals surface area contributed by atoms with Crippen molar-refractivity contribution in [3.05, 3.63) is 175 Å². The molecule has 66 heavy (non-hydrogen) atoms. The Morgan fingerprint density at radius 1 is 0.409 bits per heavy atom. The molecule has 6 aromatic rings. The average Bonchev–Trinajstić information content (AvgIpc) is 3.73. The minimum absolute atomic E-state index is 0.000188. The van der Waals surface area contributed by atoms with Gasteiger partial charge in [-0.1, -0.05) is 0 Å². The number of rotatable bonds is 9. The van der Waals surface area contributed by atoms with Crippen LogP contribution in [-0.2, 0) is 15.6 Å². The summed E-state index contributed by atoms with van der Waals surface area (Å²) in [4.78, 5) is 0. The Bertz CT molecular complexity index is 2720. The number of hydrogen-bond acceptors (Lipinski definition) is 0. The topological polar surface area (TPSA) is 0 Å². The third kappa shape index (κ3) is 9.20. The van der Waals surface area contributed by atoms with E-state index in [-0.39, 0.29) is 18.1 Å². The molecule has 0 saturated carbocycles. The third-order valence-corrected chi connectivity index (χ3v) is 66.1. The van der Waals surface area contributed by atoms with Gasteiger partial charge in [-0.25, -0.2) is 0 Å². The third-order valence-electron chi connectivity index (χ3n) is 14.4. The zero-order valence-corrected chi connectivity index (χ0v) is 47.9. The van der Waals surface area contributed by atoms with Crippen LogP contribution in [0.5, 0.6) is 0 Å². The molecular weight excluding hydrogens is 935 g/mol. The van der Waals surface area contributed by atoms with E-state index in [4.69, 9.17) is 0 Å². The molecule has 0 N–H and O–H groups in total. The van der Waals surface area contributed by atoms with Crippen molar-refractivity contribution in [1.82, 2.24) is 0 Å². The second kappa shape index (κ2) is 17.5. The molecule has 6 aromatic carbocycles. The summed E-state index contributed by atoms with van der Waals surface area (Å²) in [5.41, 5.74) is 28.6. The van der Waals surface area contributed by atoms with Crippen molar-refractivity contribution in [3.63, 3.8) is 0 Å². The Hall–Kier alpha value is -3.52. The molecule has 0 heterocycles. The quantitative estimate of drug-likeness (QED) is 0.127. The molecule has 0 radical (unpaired) electrons. The Morgan fingerprint density at radius 2 is 0.652 bits per heavy atom. The molecule has 0 aliphatic heterocycles. The van der Waals surface area contributed by atoms with Crippen LogP contribution in [0.2, 0.25) is 13.1 Å². The first kappa shape index (κ1) is 48.9. The van der Waals surface area contributed by atoms with Crippen molar-refractivity contribution in [1.29, 1.82) is 0 Å². The first-order valence-corrected chi connectivity index (χ1v) is 40.7. The van der Waals surface area contributed by atoms with Gasteiger partial charge in [-0.05, 0) is 0 Å². The van der Waals surface area contributed by atoms with Crippen molar-refractivity contribution < 1.29 is 15.6 Å². The van der Waals surface area contributed by atoms with Crippen molar-refractivity contribution in [3.8, 4) is 44.5 Å². The van der Waals surface area contributed by atoms with E-state index in [1.807, 2.05) is 0 Å². The second-order valence-electron chi connectivity index (χ2n) is 23.6. The summed E-state index contributed by atoms with van der Waals surface area (Å²) < 4.78 is -0.178. The van der Waals surface area contributed by atoms with Gasteiger partial charge in [0.2, 0.25) is 0 Å². The zero-order chi connectivity index (χ0) is 48.0. The molecule has 2 aliphatic rings. The number of hydrogen-bond donors (Lipinski definition) is 0. The number of allylic oxidation sites excluding steroid dienone is 2. The molecule has 343 valence electrons. The molecular formula is C62H73Cl2SiZr. The van der Waals surface area contributed by atoms with Crippen LogP contribution in [0, 0.1) is 66.2 Å². The number of halogens is 2. The van der Waals surface area contributed by atoms with Crippen LogP contribution >= 0.6 is 17.0 Å². The van der Waals surface area contributed by atoms with Gasteiger partial charge in [-0.2, -0.15) is 0 Å². The molecule has 0 aromatic heterocycles. The summed E-state index contributed by atoms with van der Waals surface area (Å²) >= 11 is -5.50. The molecule has 2 unspecified atom stereocenters. The van der Waals surface area contributed by atoms with E-state index in [9.17, 15) is 17.0 Å². The van der Waals surface area contributed by atoms with Gasteiger partial charge in [-0.15, -0.1) is 0 Å². The van der Waals surface area contributed by atoms with Crippen molar-refractivity contribution >= 4 is 35.1 Å². The molecule has 0 saturated heterocycles. The van der Waals surface area contributed by atoms with E-state index in [0.29, 0.717) is 0 Å². The van der Waals surface area contributed by atoms with Gasteiger partial charge in [0.1, 0.15) is 0 Å². The van der Waals surface area contributed by atoms with Gasteiger partial charge in [-0.3, -0.25) is 0 Å². The molecule has 0 amide bonds.